The third-order valence-corrected chi connectivity index (χ3v) is 3.43. The lowest BCUT2D eigenvalue weighted by Gasteiger charge is -2.54. The van der Waals surface area contributed by atoms with Crippen molar-refractivity contribution >= 4 is 0 Å². The molecule has 0 saturated heterocycles. The molecule has 0 radical (unpaired) electrons. The molecule has 0 atom stereocenters. The van der Waals surface area contributed by atoms with E-state index in [2.05, 4.69) is 0 Å². The number of hydrogen-bond donors (Lipinski definition) is 1. The molecule has 2 saturated carbocycles. The van der Waals surface area contributed by atoms with Gasteiger partial charge in [0, 0.05) is 0 Å². The van der Waals surface area contributed by atoms with Crippen LogP contribution in [0, 0.1) is 11.3 Å². The van der Waals surface area contributed by atoms with Gasteiger partial charge in [-0.3, -0.25) is 0 Å². The minimum Gasteiger partial charge on any atom is -0.330 e. The molecule has 0 aromatic carbocycles. The number of nitrogens with two attached hydrogens (primary N) is 1. The second kappa shape index (κ2) is 2.23. The molecule has 58 valence electrons. The molecule has 1 spiro atoms. The fourth-order valence-electron chi connectivity index (χ4n) is 2.69. The minimum absolute atomic E-state index is 0.861. The first-order chi connectivity index (χ1) is 4.85. The molecule has 2 fully saturated rings. The van der Waals surface area contributed by atoms with Crippen LogP contribution < -0.4 is 5.73 Å². The zero-order chi connectivity index (χ0) is 7.03. The Balaban J connectivity index is 1.72. The SMILES string of the molecule is NCCC1CC2(CCC2)C1. The van der Waals surface area contributed by atoms with E-state index in [0.29, 0.717) is 0 Å². The van der Waals surface area contributed by atoms with Gasteiger partial charge in [-0.1, -0.05) is 6.42 Å². The second-order valence-electron chi connectivity index (χ2n) is 4.21. The maximum atomic E-state index is 5.49. The van der Waals surface area contributed by atoms with Crippen LogP contribution in [-0.4, -0.2) is 6.54 Å². The van der Waals surface area contributed by atoms with Crippen LogP contribution in [0.1, 0.15) is 38.5 Å². The third-order valence-electron chi connectivity index (χ3n) is 3.43. The smallest absolute Gasteiger partial charge is 0.00746 e. The Morgan fingerprint density at radius 3 is 2.40 bits per heavy atom. The topological polar surface area (TPSA) is 26.0 Å². The summed E-state index contributed by atoms with van der Waals surface area (Å²) in [6.45, 7) is 0.904. The summed E-state index contributed by atoms with van der Waals surface area (Å²) >= 11 is 0. The van der Waals surface area contributed by atoms with Gasteiger partial charge in [-0.05, 0) is 50.0 Å². The summed E-state index contributed by atoms with van der Waals surface area (Å²) in [5.74, 6) is 1.00. The molecule has 0 bridgehead atoms. The molecule has 0 amide bonds. The number of rotatable bonds is 2. The first-order valence-corrected chi connectivity index (χ1v) is 4.55. The van der Waals surface area contributed by atoms with E-state index in [1.54, 1.807) is 0 Å². The van der Waals surface area contributed by atoms with Crippen LogP contribution >= 0.6 is 0 Å². The van der Waals surface area contributed by atoms with Crippen molar-refractivity contribution in [3.8, 4) is 0 Å². The Morgan fingerprint density at radius 2 is 2.00 bits per heavy atom. The molecular formula is C9H17N. The Morgan fingerprint density at radius 1 is 1.30 bits per heavy atom. The lowest BCUT2D eigenvalue weighted by atomic mass is 9.51. The summed E-state index contributed by atoms with van der Waals surface area (Å²) in [6, 6.07) is 0. The van der Waals surface area contributed by atoms with Gasteiger partial charge in [0.15, 0.2) is 0 Å². The molecule has 2 aliphatic rings. The lowest BCUT2D eigenvalue weighted by molar-refractivity contribution is -0.0265. The first-order valence-electron chi connectivity index (χ1n) is 4.55. The quantitative estimate of drug-likeness (QED) is 0.621. The van der Waals surface area contributed by atoms with Crippen LogP contribution in [0.2, 0.25) is 0 Å². The second-order valence-corrected chi connectivity index (χ2v) is 4.21. The molecule has 1 nitrogen and oxygen atoms in total. The van der Waals surface area contributed by atoms with Gasteiger partial charge < -0.3 is 5.73 Å². The van der Waals surface area contributed by atoms with Crippen molar-refractivity contribution in [2.45, 2.75) is 38.5 Å². The largest absolute Gasteiger partial charge is 0.330 e. The zero-order valence-corrected chi connectivity index (χ0v) is 6.60. The van der Waals surface area contributed by atoms with E-state index < -0.39 is 0 Å². The summed E-state index contributed by atoms with van der Waals surface area (Å²) in [6.07, 6.45) is 8.83. The fraction of sp³-hybridized carbons (Fsp3) is 1.00. The monoisotopic (exact) mass is 139 g/mol. The van der Waals surface area contributed by atoms with Gasteiger partial charge in [0.05, 0.1) is 0 Å². The minimum atomic E-state index is 0.861. The summed E-state index contributed by atoms with van der Waals surface area (Å²) in [7, 11) is 0. The summed E-state index contributed by atoms with van der Waals surface area (Å²) < 4.78 is 0. The number of hydrogen-bond acceptors (Lipinski definition) is 1. The van der Waals surface area contributed by atoms with Gasteiger partial charge in [-0.25, -0.2) is 0 Å². The van der Waals surface area contributed by atoms with E-state index in [1.165, 1.54) is 38.5 Å². The molecule has 0 aromatic heterocycles. The van der Waals surface area contributed by atoms with Crippen LogP contribution in [0.25, 0.3) is 0 Å². The van der Waals surface area contributed by atoms with E-state index in [1.807, 2.05) is 0 Å². The van der Waals surface area contributed by atoms with Crippen LogP contribution in [0.5, 0.6) is 0 Å². The van der Waals surface area contributed by atoms with E-state index in [0.717, 1.165) is 17.9 Å². The maximum absolute atomic E-state index is 5.49. The summed E-state index contributed by atoms with van der Waals surface area (Å²) in [5, 5.41) is 0. The Kier molecular flexibility index (Phi) is 1.48. The van der Waals surface area contributed by atoms with Crippen molar-refractivity contribution in [3.05, 3.63) is 0 Å². The van der Waals surface area contributed by atoms with Crippen molar-refractivity contribution in [2.24, 2.45) is 17.1 Å². The molecule has 0 unspecified atom stereocenters. The van der Waals surface area contributed by atoms with E-state index in [9.17, 15) is 0 Å². The highest BCUT2D eigenvalue weighted by molar-refractivity contribution is 4.98. The van der Waals surface area contributed by atoms with Crippen LogP contribution in [0.15, 0.2) is 0 Å². The summed E-state index contributed by atoms with van der Waals surface area (Å²) in [5.41, 5.74) is 6.35. The average Bonchev–Trinajstić information content (AvgIpc) is 1.72. The molecule has 2 aliphatic carbocycles. The van der Waals surface area contributed by atoms with E-state index >= 15 is 0 Å². The highest BCUT2D eigenvalue weighted by atomic mass is 14.6. The standard InChI is InChI=1S/C9H17N/c10-5-2-8-6-9(7-8)3-1-4-9/h8H,1-7,10H2. The maximum Gasteiger partial charge on any atom is -0.00746 e. The third kappa shape index (κ3) is 0.878. The van der Waals surface area contributed by atoms with Gasteiger partial charge in [0.2, 0.25) is 0 Å². The molecule has 2 rings (SSSR count). The van der Waals surface area contributed by atoms with Crippen LogP contribution in [0.3, 0.4) is 0 Å². The van der Waals surface area contributed by atoms with Crippen LogP contribution in [-0.2, 0) is 0 Å². The van der Waals surface area contributed by atoms with Crippen molar-refractivity contribution < 1.29 is 0 Å². The molecule has 2 N–H and O–H groups in total. The highest BCUT2D eigenvalue weighted by Crippen LogP contribution is 2.59. The average molecular weight is 139 g/mol. The van der Waals surface area contributed by atoms with E-state index in [-0.39, 0.29) is 0 Å². The fourth-order valence-corrected chi connectivity index (χ4v) is 2.69. The lowest BCUT2D eigenvalue weighted by Crippen LogP contribution is -2.43. The summed E-state index contributed by atoms with van der Waals surface area (Å²) in [4.78, 5) is 0. The predicted molar refractivity (Wildman–Crippen MR) is 42.7 cm³/mol. The van der Waals surface area contributed by atoms with Gasteiger partial charge in [0.25, 0.3) is 0 Å². The molecular weight excluding hydrogens is 122 g/mol. The van der Waals surface area contributed by atoms with Crippen molar-refractivity contribution in [1.82, 2.24) is 0 Å². The van der Waals surface area contributed by atoms with Gasteiger partial charge in [-0.15, -0.1) is 0 Å². The normalized spacial score (nSPS) is 29.7. The Hall–Kier alpha value is -0.0400. The highest BCUT2D eigenvalue weighted by Gasteiger charge is 2.47. The van der Waals surface area contributed by atoms with Gasteiger partial charge in [-0.2, -0.15) is 0 Å². The Bertz CT molecular complexity index is 119. The molecule has 0 aliphatic heterocycles. The predicted octanol–water partition coefficient (Wildman–Crippen LogP) is 1.92. The Labute approximate surface area is 63.0 Å². The van der Waals surface area contributed by atoms with Crippen molar-refractivity contribution in [1.29, 1.82) is 0 Å². The first kappa shape index (κ1) is 6.66. The zero-order valence-electron chi connectivity index (χ0n) is 6.60. The van der Waals surface area contributed by atoms with Crippen molar-refractivity contribution in [2.75, 3.05) is 6.54 Å². The van der Waals surface area contributed by atoms with Gasteiger partial charge in [0.1, 0.15) is 0 Å². The van der Waals surface area contributed by atoms with Crippen molar-refractivity contribution in [3.63, 3.8) is 0 Å². The van der Waals surface area contributed by atoms with Gasteiger partial charge >= 0.3 is 0 Å². The van der Waals surface area contributed by atoms with E-state index in [4.69, 9.17) is 5.73 Å². The molecule has 0 heterocycles. The molecule has 10 heavy (non-hydrogen) atoms. The van der Waals surface area contributed by atoms with Crippen LogP contribution in [0.4, 0.5) is 0 Å². The molecule has 0 aromatic rings. The molecule has 1 heteroatoms.